The molecule has 2 heterocycles. The first-order valence-corrected chi connectivity index (χ1v) is 4.77. The largest absolute Gasteiger partial charge is 0.325 e. The second kappa shape index (κ2) is 3.47. The molecule has 1 aromatic heterocycles. The predicted molar refractivity (Wildman–Crippen MR) is 51.1 cm³/mol. The van der Waals surface area contributed by atoms with Crippen molar-refractivity contribution in [2.45, 2.75) is 25.4 Å². The average Bonchev–Trinajstić information content (AvgIpc) is 2.71. The summed E-state index contributed by atoms with van der Waals surface area (Å²) in [6.45, 7) is 1.68. The van der Waals surface area contributed by atoms with Crippen molar-refractivity contribution in [3.05, 3.63) is 17.5 Å². The van der Waals surface area contributed by atoms with Crippen molar-refractivity contribution < 1.29 is 0 Å². The van der Waals surface area contributed by atoms with Crippen LogP contribution in [0.5, 0.6) is 0 Å². The molecular weight excluding hydrogens is 164 g/mol. The van der Waals surface area contributed by atoms with Crippen molar-refractivity contribution in [3.63, 3.8) is 0 Å². The van der Waals surface area contributed by atoms with Crippen molar-refractivity contribution in [1.82, 2.24) is 15.1 Å². The van der Waals surface area contributed by atoms with Gasteiger partial charge >= 0.3 is 0 Å². The van der Waals surface area contributed by atoms with Gasteiger partial charge in [-0.2, -0.15) is 5.10 Å². The number of rotatable bonds is 2. The predicted octanol–water partition coefficient (Wildman–Crippen LogP) is 0.303. The van der Waals surface area contributed by atoms with E-state index in [1.165, 1.54) is 12.8 Å². The lowest BCUT2D eigenvalue weighted by Crippen LogP contribution is -2.13. The van der Waals surface area contributed by atoms with Crippen molar-refractivity contribution in [2.75, 3.05) is 6.54 Å². The molecule has 1 aromatic rings. The first-order valence-electron chi connectivity index (χ1n) is 4.77. The topological polar surface area (TPSA) is 55.9 Å². The van der Waals surface area contributed by atoms with Gasteiger partial charge in [0, 0.05) is 13.6 Å². The Morgan fingerprint density at radius 3 is 3.15 bits per heavy atom. The normalized spacial score (nSPS) is 22.5. The second-order valence-electron chi connectivity index (χ2n) is 3.54. The summed E-state index contributed by atoms with van der Waals surface area (Å²) in [5.74, 6) is 0. The van der Waals surface area contributed by atoms with Gasteiger partial charge in [0.15, 0.2) is 0 Å². The Hall–Kier alpha value is -0.870. The van der Waals surface area contributed by atoms with Gasteiger partial charge in [0.1, 0.15) is 0 Å². The second-order valence-corrected chi connectivity index (χ2v) is 3.54. The van der Waals surface area contributed by atoms with E-state index in [0.717, 1.165) is 17.9 Å². The third-order valence-corrected chi connectivity index (χ3v) is 2.62. The van der Waals surface area contributed by atoms with E-state index in [0.29, 0.717) is 12.6 Å². The lowest BCUT2D eigenvalue weighted by atomic mass is 10.1. The maximum Gasteiger partial charge on any atom is 0.0797 e. The maximum absolute atomic E-state index is 5.58. The molecule has 13 heavy (non-hydrogen) atoms. The standard InChI is InChI=1S/C9H16N4/c1-13-7(6-10)5-9(12-13)8-3-2-4-11-8/h5,8,11H,2-4,6,10H2,1H3. The van der Waals surface area contributed by atoms with Crippen LogP contribution in [0.25, 0.3) is 0 Å². The van der Waals surface area contributed by atoms with Crippen LogP contribution in [0.3, 0.4) is 0 Å². The van der Waals surface area contributed by atoms with Gasteiger partial charge in [-0.1, -0.05) is 0 Å². The molecule has 1 atom stereocenters. The van der Waals surface area contributed by atoms with E-state index in [9.17, 15) is 0 Å². The van der Waals surface area contributed by atoms with Gasteiger partial charge in [-0.05, 0) is 25.5 Å². The number of nitrogens with zero attached hydrogens (tertiary/aromatic N) is 2. The lowest BCUT2D eigenvalue weighted by molar-refractivity contribution is 0.603. The fraction of sp³-hybridized carbons (Fsp3) is 0.667. The number of hydrogen-bond donors (Lipinski definition) is 2. The Balaban J connectivity index is 2.20. The first-order chi connectivity index (χ1) is 6.31. The van der Waals surface area contributed by atoms with Gasteiger partial charge in [0.2, 0.25) is 0 Å². The van der Waals surface area contributed by atoms with E-state index in [-0.39, 0.29) is 0 Å². The van der Waals surface area contributed by atoms with Crippen LogP contribution in [-0.4, -0.2) is 16.3 Å². The van der Waals surface area contributed by atoms with Gasteiger partial charge in [-0.25, -0.2) is 0 Å². The quantitative estimate of drug-likeness (QED) is 0.688. The molecule has 4 heteroatoms. The molecule has 1 unspecified atom stereocenters. The maximum atomic E-state index is 5.58. The summed E-state index contributed by atoms with van der Waals surface area (Å²) in [4.78, 5) is 0. The van der Waals surface area contributed by atoms with Gasteiger partial charge < -0.3 is 11.1 Å². The third-order valence-electron chi connectivity index (χ3n) is 2.62. The van der Waals surface area contributed by atoms with Crippen LogP contribution >= 0.6 is 0 Å². The van der Waals surface area contributed by atoms with E-state index in [2.05, 4.69) is 16.5 Å². The molecule has 0 aliphatic carbocycles. The van der Waals surface area contributed by atoms with Crippen LogP contribution < -0.4 is 11.1 Å². The van der Waals surface area contributed by atoms with Crippen LogP contribution in [0.2, 0.25) is 0 Å². The average molecular weight is 180 g/mol. The minimum atomic E-state index is 0.450. The molecule has 3 N–H and O–H groups in total. The molecule has 2 rings (SSSR count). The van der Waals surface area contributed by atoms with Crippen molar-refractivity contribution >= 4 is 0 Å². The Labute approximate surface area is 78.1 Å². The van der Waals surface area contributed by atoms with Gasteiger partial charge in [-0.3, -0.25) is 4.68 Å². The molecule has 1 aliphatic heterocycles. The zero-order chi connectivity index (χ0) is 9.26. The molecule has 1 aliphatic rings. The fourth-order valence-electron chi connectivity index (χ4n) is 1.83. The van der Waals surface area contributed by atoms with Gasteiger partial charge in [0.05, 0.1) is 17.4 Å². The van der Waals surface area contributed by atoms with Crippen LogP contribution in [0.15, 0.2) is 6.07 Å². The molecule has 0 spiro atoms. The summed E-state index contributed by atoms with van der Waals surface area (Å²) >= 11 is 0. The molecule has 1 saturated heterocycles. The highest BCUT2D eigenvalue weighted by molar-refractivity contribution is 5.14. The summed E-state index contributed by atoms with van der Waals surface area (Å²) < 4.78 is 1.87. The molecular formula is C9H16N4. The number of nitrogens with two attached hydrogens (primary N) is 1. The van der Waals surface area contributed by atoms with Crippen LogP contribution in [-0.2, 0) is 13.6 Å². The molecule has 0 amide bonds. The molecule has 0 aromatic carbocycles. The molecule has 0 bridgehead atoms. The zero-order valence-electron chi connectivity index (χ0n) is 7.95. The zero-order valence-corrected chi connectivity index (χ0v) is 7.95. The van der Waals surface area contributed by atoms with E-state index >= 15 is 0 Å². The van der Waals surface area contributed by atoms with Crippen molar-refractivity contribution in [2.24, 2.45) is 12.8 Å². The molecule has 4 nitrogen and oxygen atoms in total. The highest BCUT2D eigenvalue weighted by Gasteiger charge is 2.19. The van der Waals surface area contributed by atoms with Crippen LogP contribution in [0.4, 0.5) is 0 Å². The van der Waals surface area contributed by atoms with Crippen molar-refractivity contribution in [1.29, 1.82) is 0 Å². The Morgan fingerprint density at radius 1 is 1.77 bits per heavy atom. The highest BCUT2D eigenvalue weighted by Crippen LogP contribution is 2.21. The van der Waals surface area contributed by atoms with E-state index < -0.39 is 0 Å². The van der Waals surface area contributed by atoms with Crippen molar-refractivity contribution in [3.8, 4) is 0 Å². The monoisotopic (exact) mass is 180 g/mol. The Morgan fingerprint density at radius 2 is 2.62 bits per heavy atom. The van der Waals surface area contributed by atoms with Gasteiger partial charge in [-0.15, -0.1) is 0 Å². The number of aromatic nitrogens is 2. The lowest BCUT2D eigenvalue weighted by Gasteiger charge is -2.04. The number of aryl methyl sites for hydroxylation is 1. The van der Waals surface area contributed by atoms with E-state index in [1.807, 2.05) is 11.7 Å². The number of nitrogens with one attached hydrogen (secondary N) is 1. The molecule has 72 valence electrons. The smallest absolute Gasteiger partial charge is 0.0797 e. The summed E-state index contributed by atoms with van der Waals surface area (Å²) in [6, 6.07) is 2.55. The summed E-state index contributed by atoms with van der Waals surface area (Å²) in [7, 11) is 1.95. The summed E-state index contributed by atoms with van der Waals surface area (Å²) in [5, 5.41) is 7.86. The third kappa shape index (κ3) is 1.59. The SMILES string of the molecule is Cn1nc(C2CCCN2)cc1CN. The minimum Gasteiger partial charge on any atom is -0.325 e. The fourth-order valence-corrected chi connectivity index (χ4v) is 1.83. The van der Waals surface area contributed by atoms with E-state index in [1.54, 1.807) is 0 Å². The number of hydrogen-bond acceptors (Lipinski definition) is 3. The molecule has 0 radical (unpaired) electrons. The van der Waals surface area contributed by atoms with Crippen LogP contribution in [0, 0.1) is 0 Å². The summed E-state index contributed by atoms with van der Waals surface area (Å²) in [5.41, 5.74) is 7.82. The minimum absolute atomic E-state index is 0.450. The molecule has 1 fully saturated rings. The first kappa shape index (κ1) is 8.72. The van der Waals surface area contributed by atoms with E-state index in [4.69, 9.17) is 5.73 Å². The molecule has 0 saturated carbocycles. The Bertz CT molecular complexity index is 286. The highest BCUT2D eigenvalue weighted by atomic mass is 15.3. The summed E-state index contributed by atoms with van der Waals surface area (Å²) in [6.07, 6.45) is 2.44. The van der Waals surface area contributed by atoms with Crippen LogP contribution in [0.1, 0.15) is 30.3 Å². The Kier molecular flexibility index (Phi) is 2.33. The van der Waals surface area contributed by atoms with Gasteiger partial charge in [0.25, 0.3) is 0 Å².